The molecule has 1 aliphatic carbocycles. The molecule has 0 bridgehead atoms. The molecule has 0 aliphatic heterocycles. The Morgan fingerprint density at radius 1 is 1.19 bits per heavy atom. The van der Waals surface area contributed by atoms with Gasteiger partial charge in [0.2, 0.25) is 0 Å². The van der Waals surface area contributed by atoms with Crippen molar-refractivity contribution < 1.29 is 0 Å². The molecule has 0 amide bonds. The minimum absolute atomic E-state index is 0.537. The molecule has 2 rings (SSSR count). The van der Waals surface area contributed by atoms with Gasteiger partial charge >= 0.3 is 0 Å². The van der Waals surface area contributed by atoms with Gasteiger partial charge in [-0.1, -0.05) is 61.2 Å². The predicted octanol–water partition coefficient (Wildman–Crippen LogP) is 6.01. The zero-order valence-corrected chi connectivity index (χ0v) is 15.4. The van der Waals surface area contributed by atoms with Crippen molar-refractivity contribution in [3.63, 3.8) is 0 Å². The standard InChI is InChI=1S/C19H30BrN/c1-4-12-21-19(16-8-6-15(5-2)7-9-16)17-10-11-18(20)14(3)13-17/h10-11,13,15-16,19,21H,4-9,12H2,1-3H3. The minimum atomic E-state index is 0.537. The van der Waals surface area contributed by atoms with E-state index in [1.165, 1.54) is 54.1 Å². The molecule has 1 atom stereocenters. The molecule has 1 unspecified atom stereocenters. The SMILES string of the molecule is CCCNC(c1ccc(Br)c(C)c1)C1CCC(CC)CC1. The van der Waals surface area contributed by atoms with E-state index >= 15 is 0 Å². The number of nitrogens with one attached hydrogen (secondary N) is 1. The zero-order chi connectivity index (χ0) is 15.2. The van der Waals surface area contributed by atoms with Crippen molar-refractivity contribution in [2.45, 2.75) is 65.3 Å². The topological polar surface area (TPSA) is 12.0 Å². The number of rotatable bonds is 6. The van der Waals surface area contributed by atoms with Gasteiger partial charge in [-0.15, -0.1) is 0 Å². The Morgan fingerprint density at radius 3 is 2.48 bits per heavy atom. The Balaban J connectivity index is 2.12. The van der Waals surface area contributed by atoms with Crippen LogP contribution in [0.5, 0.6) is 0 Å². The molecule has 1 aromatic rings. The van der Waals surface area contributed by atoms with Crippen molar-refractivity contribution in [2.24, 2.45) is 11.8 Å². The van der Waals surface area contributed by atoms with Gasteiger partial charge in [-0.05, 0) is 61.8 Å². The highest BCUT2D eigenvalue weighted by Crippen LogP contribution is 2.38. The van der Waals surface area contributed by atoms with E-state index in [1.54, 1.807) is 0 Å². The smallest absolute Gasteiger partial charge is 0.0348 e. The summed E-state index contributed by atoms with van der Waals surface area (Å²) in [7, 11) is 0. The van der Waals surface area contributed by atoms with Crippen molar-refractivity contribution in [3.05, 3.63) is 33.8 Å². The molecule has 0 spiro atoms. The van der Waals surface area contributed by atoms with Crippen molar-refractivity contribution in [2.75, 3.05) is 6.54 Å². The van der Waals surface area contributed by atoms with E-state index in [4.69, 9.17) is 0 Å². The van der Waals surface area contributed by atoms with Gasteiger partial charge < -0.3 is 5.32 Å². The molecule has 1 aromatic carbocycles. The molecule has 1 nitrogen and oxygen atoms in total. The van der Waals surface area contributed by atoms with Crippen molar-refractivity contribution in [3.8, 4) is 0 Å². The van der Waals surface area contributed by atoms with Crippen LogP contribution in [0.1, 0.15) is 69.5 Å². The number of hydrogen-bond donors (Lipinski definition) is 1. The van der Waals surface area contributed by atoms with Gasteiger partial charge in [0.25, 0.3) is 0 Å². The minimum Gasteiger partial charge on any atom is -0.310 e. The third-order valence-corrected chi connectivity index (χ3v) is 5.99. The molecule has 118 valence electrons. The van der Waals surface area contributed by atoms with Crippen LogP contribution in [0.2, 0.25) is 0 Å². The molecular formula is C19H30BrN. The Morgan fingerprint density at radius 2 is 1.90 bits per heavy atom. The molecule has 1 saturated carbocycles. The summed E-state index contributed by atoms with van der Waals surface area (Å²) < 4.78 is 1.22. The van der Waals surface area contributed by atoms with E-state index in [0.717, 1.165) is 18.4 Å². The van der Waals surface area contributed by atoms with E-state index in [2.05, 4.69) is 60.2 Å². The first-order valence-corrected chi connectivity index (χ1v) is 9.44. The maximum Gasteiger partial charge on any atom is 0.0348 e. The van der Waals surface area contributed by atoms with Crippen molar-refractivity contribution in [1.29, 1.82) is 0 Å². The first-order chi connectivity index (χ1) is 10.2. The summed E-state index contributed by atoms with van der Waals surface area (Å²) in [6.45, 7) is 7.91. The lowest BCUT2D eigenvalue weighted by Gasteiger charge is -2.34. The van der Waals surface area contributed by atoms with Gasteiger partial charge in [0.05, 0.1) is 0 Å². The summed E-state index contributed by atoms with van der Waals surface area (Å²) in [5.74, 6) is 1.78. The summed E-state index contributed by atoms with van der Waals surface area (Å²) >= 11 is 3.62. The van der Waals surface area contributed by atoms with Crippen LogP contribution in [0.25, 0.3) is 0 Å². The Hall–Kier alpha value is -0.340. The molecule has 0 saturated heterocycles. The highest BCUT2D eigenvalue weighted by atomic mass is 79.9. The summed E-state index contributed by atoms with van der Waals surface area (Å²) in [5.41, 5.74) is 2.82. The van der Waals surface area contributed by atoms with Gasteiger partial charge in [-0.3, -0.25) is 0 Å². The van der Waals surface area contributed by atoms with Crippen molar-refractivity contribution >= 4 is 15.9 Å². The largest absolute Gasteiger partial charge is 0.310 e. The fraction of sp³-hybridized carbons (Fsp3) is 0.684. The molecule has 2 heteroatoms. The van der Waals surface area contributed by atoms with Crippen LogP contribution < -0.4 is 5.32 Å². The maximum absolute atomic E-state index is 3.82. The Bertz CT molecular complexity index is 435. The van der Waals surface area contributed by atoms with Crippen LogP contribution in [0, 0.1) is 18.8 Å². The Labute approximate surface area is 139 Å². The van der Waals surface area contributed by atoms with Gasteiger partial charge in [0.15, 0.2) is 0 Å². The van der Waals surface area contributed by atoms with E-state index in [-0.39, 0.29) is 0 Å². The second-order valence-corrected chi connectivity index (χ2v) is 7.48. The Kier molecular flexibility index (Phi) is 6.75. The lowest BCUT2D eigenvalue weighted by atomic mass is 9.76. The molecule has 0 heterocycles. The fourth-order valence-electron chi connectivity index (χ4n) is 3.65. The highest BCUT2D eigenvalue weighted by Gasteiger charge is 2.27. The zero-order valence-electron chi connectivity index (χ0n) is 13.8. The second-order valence-electron chi connectivity index (χ2n) is 6.63. The second kappa shape index (κ2) is 8.33. The highest BCUT2D eigenvalue weighted by molar-refractivity contribution is 9.10. The van der Waals surface area contributed by atoms with Crippen LogP contribution in [0.15, 0.2) is 22.7 Å². The number of hydrogen-bond acceptors (Lipinski definition) is 1. The number of halogens is 1. The van der Waals surface area contributed by atoms with Crippen molar-refractivity contribution in [1.82, 2.24) is 5.32 Å². The normalized spacial score (nSPS) is 24.0. The lowest BCUT2D eigenvalue weighted by Crippen LogP contribution is -2.31. The van der Waals surface area contributed by atoms with E-state index in [0.29, 0.717) is 6.04 Å². The average molecular weight is 352 g/mol. The quantitative estimate of drug-likeness (QED) is 0.661. The molecule has 1 N–H and O–H groups in total. The monoisotopic (exact) mass is 351 g/mol. The molecule has 0 radical (unpaired) electrons. The van der Waals surface area contributed by atoms with Crippen LogP contribution in [0.3, 0.4) is 0 Å². The van der Waals surface area contributed by atoms with Crippen LogP contribution >= 0.6 is 15.9 Å². The van der Waals surface area contributed by atoms with Gasteiger partial charge in [0, 0.05) is 10.5 Å². The van der Waals surface area contributed by atoms with Gasteiger partial charge in [-0.25, -0.2) is 0 Å². The van der Waals surface area contributed by atoms with Gasteiger partial charge in [-0.2, -0.15) is 0 Å². The third kappa shape index (κ3) is 4.56. The summed E-state index contributed by atoms with van der Waals surface area (Å²) in [6.07, 6.45) is 8.17. The molecule has 0 aromatic heterocycles. The van der Waals surface area contributed by atoms with Crippen LogP contribution in [-0.4, -0.2) is 6.54 Å². The van der Waals surface area contributed by atoms with E-state index < -0.39 is 0 Å². The molecule has 1 fully saturated rings. The van der Waals surface area contributed by atoms with Crippen LogP contribution in [-0.2, 0) is 0 Å². The summed E-state index contributed by atoms with van der Waals surface area (Å²) in [4.78, 5) is 0. The average Bonchev–Trinajstić information content (AvgIpc) is 2.51. The summed E-state index contributed by atoms with van der Waals surface area (Å²) in [5, 5.41) is 3.82. The number of aryl methyl sites for hydroxylation is 1. The number of benzene rings is 1. The molecule has 21 heavy (non-hydrogen) atoms. The predicted molar refractivity (Wildman–Crippen MR) is 95.7 cm³/mol. The van der Waals surface area contributed by atoms with E-state index in [9.17, 15) is 0 Å². The first kappa shape index (κ1) is 17.0. The third-order valence-electron chi connectivity index (χ3n) is 5.10. The van der Waals surface area contributed by atoms with Gasteiger partial charge in [0.1, 0.15) is 0 Å². The summed E-state index contributed by atoms with van der Waals surface area (Å²) in [6, 6.07) is 7.41. The first-order valence-electron chi connectivity index (χ1n) is 8.65. The molecule has 1 aliphatic rings. The van der Waals surface area contributed by atoms with E-state index in [1.807, 2.05) is 0 Å². The lowest BCUT2D eigenvalue weighted by molar-refractivity contribution is 0.218. The fourth-order valence-corrected chi connectivity index (χ4v) is 3.89. The maximum atomic E-state index is 3.82. The molecular weight excluding hydrogens is 322 g/mol. The van der Waals surface area contributed by atoms with Crippen LogP contribution in [0.4, 0.5) is 0 Å².